The highest BCUT2D eigenvalue weighted by atomic mass is 35.5. The van der Waals surface area contributed by atoms with Gasteiger partial charge < -0.3 is 5.32 Å². The lowest BCUT2D eigenvalue weighted by Crippen LogP contribution is -2.45. The third kappa shape index (κ3) is 4.04. The van der Waals surface area contributed by atoms with Gasteiger partial charge in [0.1, 0.15) is 0 Å². The van der Waals surface area contributed by atoms with Gasteiger partial charge in [-0.25, -0.2) is 0 Å². The zero-order valence-electron chi connectivity index (χ0n) is 12.3. The molecular formula is C16H22ClN3S. The standard InChI is InChI=1S/C16H21N3S.ClH/c1-2-13-3-5-14(6-4-13)16-10-17-7-8-19(16)11-15-9-18-12-20-15;/h3-6,9,12,16-17H,2,7-8,10-11H2,1H3;1H. The van der Waals surface area contributed by atoms with Gasteiger partial charge in [-0.3, -0.25) is 9.88 Å². The van der Waals surface area contributed by atoms with E-state index in [1.807, 2.05) is 11.7 Å². The van der Waals surface area contributed by atoms with Crippen molar-refractivity contribution in [3.63, 3.8) is 0 Å². The Hall–Kier alpha value is -0.940. The minimum absolute atomic E-state index is 0. The van der Waals surface area contributed by atoms with E-state index in [1.54, 1.807) is 11.3 Å². The zero-order valence-corrected chi connectivity index (χ0v) is 13.9. The third-order valence-corrected chi connectivity index (χ3v) is 4.73. The van der Waals surface area contributed by atoms with Crippen LogP contribution in [0, 0.1) is 0 Å². The summed E-state index contributed by atoms with van der Waals surface area (Å²) in [5, 5.41) is 3.52. The third-order valence-electron chi connectivity index (χ3n) is 3.97. The number of rotatable bonds is 4. The first-order chi connectivity index (χ1) is 9.86. The number of hydrogen-bond acceptors (Lipinski definition) is 4. The second-order valence-electron chi connectivity index (χ2n) is 5.25. The van der Waals surface area contributed by atoms with Gasteiger partial charge in [0.05, 0.1) is 5.51 Å². The van der Waals surface area contributed by atoms with E-state index in [4.69, 9.17) is 0 Å². The molecule has 1 fully saturated rings. The van der Waals surface area contributed by atoms with Crippen LogP contribution in [0.25, 0.3) is 0 Å². The molecule has 3 rings (SSSR count). The minimum Gasteiger partial charge on any atom is -0.314 e. The van der Waals surface area contributed by atoms with Crippen LogP contribution < -0.4 is 5.32 Å². The van der Waals surface area contributed by atoms with Gasteiger partial charge in [0.25, 0.3) is 0 Å². The van der Waals surface area contributed by atoms with Crippen molar-refractivity contribution in [2.24, 2.45) is 0 Å². The number of hydrogen-bond donors (Lipinski definition) is 1. The molecule has 1 N–H and O–H groups in total. The number of piperazine rings is 1. The lowest BCUT2D eigenvalue weighted by Gasteiger charge is -2.36. The fourth-order valence-electron chi connectivity index (χ4n) is 2.76. The lowest BCUT2D eigenvalue weighted by atomic mass is 10.0. The van der Waals surface area contributed by atoms with Gasteiger partial charge in [-0.2, -0.15) is 0 Å². The van der Waals surface area contributed by atoms with E-state index in [1.165, 1.54) is 16.0 Å². The molecule has 1 atom stereocenters. The second kappa shape index (κ2) is 7.90. The molecule has 0 spiro atoms. The summed E-state index contributed by atoms with van der Waals surface area (Å²) in [6.07, 6.45) is 3.09. The topological polar surface area (TPSA) is 28.2 Å². The minimum atomic E-state index is 0. The number of aromatic nitrogens is 1. The fraction of sp³-hybridized carbons (Fsp3) is 0.438. The number of benzene rings is 1. The second-order valence-corrected chi connectivity index (χ2v) is 6.22. The van der Waals surface area contributed by atoms with Gasteiger partial charge in [-0.1, -0.05) is 31.2 Å². The Bertz CT molecular complexity index is 527. The highest BCUT2D eigenvalue weighted by Crippen LogP contribution is 2.25. The van der Waals surface area contributed by atoms with E-state index in [-0.39, 0.29) is 12.4 Å². The number of nitrogens with zero attached hydrogens (tertiary/aromatic N) is 2. The Morgan fingerprint density at radius 2 is 2.14 bits per heavy atom. The molecule has 1 saturated heterocycles. The normalized spacial score (nSPS) is 19.2. The molecule has 1 aliphatic rings. The molecular weight excluding hydrogens is 302 g/mol. The van der Waals surface area contributed by atoms with Crippen molar-refractivity contribution in [3.05, 3.63) is 52.0 Å². The molecule has 1 unspecified atom stereocenters. The van der Waals surface area contributed by atoms with Gasteiger partial charge in [0.15, 0.2) is 0 Å². The molecule has 1 aliphatic heterocycles. The number of halogens is 1. The van der Waals surface area contributed by atoms with E-state index in [9.17, 15) is 0 Å². The highest BCUT2D eigenvalue weighted by molar-refractivity contribution is 7.09. The number of nitrogens with one attached hydrogen (secondary N) is 1. The first-order valence-corrected chi connectivity index (χ1v) is 8.15. The first kappa shape index (κ1) is 16.4. The van der Waals surface area contributed by atoms with Gasteiger partial charge in [-0.15, -0.1) is 23.7 Å². The van der Waals surface area contributed by atoms with Crippen LogP contribution in [-0.4, -0.2) is 29.5 Å². The quantitative estimate of drug-likeness (QED) is 0.936. The molecule has 2 aromatic rings. The Balaban J connectivity index is 0.00000161. The van der Waals surface area contributed by atoms with Crippen molar-refractivity contribution in [1.29, 1.82) is 0 Å². The summed E-state index contributed by atoms with van der Waals surface area (Å²) in [7, 11) is 0. The molecule has 114 valence electrons. The summed E-state index contributed by atoms with van der Waals surface area (Å²) in [5.41, 5.74) is 4.74. The van der Waals surface area contributed by atoms with Gasteiger partial charge in [0, 0.05) is 43.3 Å². The maximum Gasteiger partial charge on any atom is 0.0794 e. The van der Waals surface area contributed by atoms with E-state index in [2.05, 4.69) is 46.4 Å². The van der Waals surface area contributed by atoms with Crippen LogP contribution in [0.3, 0.4) is 0 Å². The van der Waals surface area contributed by atoms with Gasteiger partial charge >= 0.3 is 0 Å². The average molecular weight is 324 g/mol. The highest BCUT2D eigenvalue weighted by Gasteiger charge is 2.23. The van der Waals surface area contributed by atoms with E-state index < -0.39 is 0 Å². The largest absolute Gasteiger partial charge is 0.314 e. The van der Waals surface area contributed by atoms with Crippen LogP contribution >= 0.6 is 23.7 Å². The van der Waals surface area contributed by atoms with Gasteiger partial charge in [-0.05, 0) is 17.5 Å². The molecule has 1 aromatic carbocycles. The molecule has 2 heterocycles. The van der Waals surface area contributed by atoms with Crippen molar-refractivity contribution in [3.8, 4) is 0 Å². The van der Waals surface area contributed by atoms with E-state index >= 15 is 0 Å². The Morgan fingerprint density at radius 3 is 2.81 bits per heavy atom. The molecule has 0 radical (unpaired) electrons. The van der Waals surface area contributed by atoms with Crippen LogP contribution in [0.2, 0.25) is 0 Å². The van der Waals surface area contributed by atoms with E-state index in [0.717, 1.165) is 32.6 Å². The molecule has 21 heavy (non-hydrogen) atoms. The summed E-state index contributed by atoms with van der Waals surface area (Å²) in [6, 6.07) is 9.56. The predicted molar refractivity (Wildman–Crippen MR) is 91.2 cm³/mol. The van der Waals surface area contributed by atoms with Crippen LogP contribution in [-0.2, 0) is 13.0 Å². The molecule has 0 saturated carbocycles. The SMILES string of the molecule is CCc1ccc(C2CNCCN2Cc2cncs2)cc1.Cl. The zero-order chi connectivity index (χ0) is 13.8. The molecule has 3 nitrogen and oxygen atoms in total. The van der Waals surface area contributed by atoms with Gasteiger partial charge in [0.2, 0.25) is 0 Å². The molecule has 0 bridgehead atoms. The summed E-state index contributed by atoms with van der Waals surface area (Å²) in [6.45, 7) is 6.41. The Labute approximate surface area is 136 Å². The Morgan fingerprint density at radius 1 is 1.33 bits per heavy atom. The Kier molecular flexibility index (Phi) is 6.18. The van der Waals surface area contributed by atoms with Crippen LogP contribution in [0.1, 0.15) is 29.0 Å². The van der Waals surface area contributed by atoms with Crippen molar-refractivity contribution in [2.45, 2.75) is 25.9 Å². The lowest BCUT2D eigenvalue weighted by molar-refractivity contribution is 0.155. The molecule has 5 heteroatoms. The average Bonchev–Trinajstić information content (AvgIpc) is 3.01. The number of aryl methyl sites for hydroxylation is 1. The fourth-order valence-corrected chi connectivity index (χ4v) is 3.38. The maximum absolute atomic E-state index is 4.18. The maximum atomic E-state index is 4.18. The summed E-state index contributed by atoms with van der Waals surface area (Å²) in [5.74, 6) is 0. The van der Waals surface area contributed by atoms with Crippen LogP contribution in [0.15, 0.2) is 36.0 Å². The summed E-state index contributed by atoms with van der Waals surface area (Å²) < 4.78 is 0. The van der Waals surface area contributed by atoms with Crippen molar-refractivity contribution >= 4 is 23.7 Å². The van der Waals surface area contributed by atoms with Crippen molar-refractivity contribution < 1.29 is 0 Å². The molecule has 1 aromatic heterocycles. The number of thiazole rings is 1. The summed E-state index contributed by atoms with van der Waals surface area (Å²) >= 11 is 1.75. The smallest absolute Gasteiger partial charge is 0.0794 e. The van der Waals surface area contributed by atoms with Crippen molar-refractivity contribution in [2.75, 3.05) is 19.6 Å². The monoisotopic (exact) mass is 323 g/mol. The molecule has 0 aliphatic carbocycles. The summed E-state index contributed by atoms with van der Waals surface area (Å²) in [4.78, 5) is 8.09. The molecule has 0 amide bonds. The van der Waals surface area contributed by atoms with Crippen molar-refractivity contribution in [1.82, 2.24) is 15.2 Å². The van der Waals surface area contributed by atoms with Crippen LogP contribution in [0.5, 0.6) is 0 Å². The van der Waals surface area contributed by atoms with E-state index in [0.29, 0.717) is 6.04 Å². The predicted octanol–water partition coefficient (Wildman–Crippen LogP) is 3.27. The first-order valence-electron chi connectivity index (χ1n) is 7.28. The van der Waals surface area contributed by atoms with Crippen LogP contribution in [0.4, 0.5) is 0 Å².